The number of benzene rings is 2. The normalized spacial score (nSPS) is 13.5. The third-order valence-corrected chi connectivity index (χ3v) is 4.08. The van der Waals surface area contributed by atoms with E-state index in [9.17, 15) is 25.0 Å². The van der Waals surface area contributed by atoms with Crippen molar-refractivity contribution in [2.45, 2.75) is 25.0 Å². The summed E-state index contributed by atoms with van der Waals surface area (Å²) in [7, 11) is -4.97. The van der Waals surface area contributed by atoms with Crippen LogP contribution >= 0.6 is 7.82 Å². The fourth-order valence-corrected chi connectivity index (χ4v) is 2.94. The molecule has 0 aliphatic rings. The third kappa shape index (κ3) is 5.19. The van der Waals surface area contributed by atoms with Crippen molar-refractivity contribution in [1.82, 2.24) is 0 Å². The molecule has 9 heteroatoms. The molecule has 0 amide bonds. The molecule has 2 aromatic carbocycles. The predicted molar refractivity (Wildman–Crippen MR) is 88.0 cm³/mol. The highest BCUT2D eigenvalue weighted by Crippen LogP contribution is 2.44. The van der Waals surface area contributed by atoms with Crippen LogP contribution in [0.5, 0.6) is 17.2 Å². The van der Waals surface area contributed by atoms with Crippen LogP contribution in [0, 0.1) is 0 Å². The van der Waals surface area contributed by atoms with Gasteiger partial charge in [0.25, 0.3) is 0 Å². The average molecular weight is 370 g/mol. The van der Waals surface area contributed by atoms with Crippen LogP contribution in [0.3, 0.4) is 0 Å². The fourth-order valence-electron chi connectivity index (χ4n) is 2.53. The monoisotopic (exact) mass is 370 g/mol. The molecule has 0 bridgehead atoms. The Balaban J connectivity index is 2.34. The highest BCUT2D eigenvalue weighted by atomic mass is 31.2. The quantitative estimate of drug-likeness (QED) is 0.334. The van der Waals surface area contributed by atoms with Crippen LogP contribution in [0.2, 0.25) is 0 Å². The third-order valence-electron chi connectivity index (χ3n) is 3.64. The minimum Gasteiger partial charge on any atom is -0.508 e. The van der Waals surface area contributed by atoms with E-state index in [1.165, 1.54) is 12.1 Å². The molecule has 2 aromatic rings. The van der Waals surface area contributed by atoms with Gasteiger partial charge in [-0.3, -0.25) is 9.79 Å². The zero-order chi connectivity index (χ0) is 18.8. The van der Waals surface area contributed by atoms with E-state index in [4.69, 9.17) is 9.79 Å². The highest BCUT2D eigenvalue weighted by molar-refractivity contribution is 7.46. The second kappa shape index (κ2) is 7.03. The molecule has 0 radical (unpaired) electrons. The van der Waals surface area contributed by atoms with Crippen LogP contribution in [-0.4, -0.2) is 30.2 Å². The summed E-state index contributed by atoms with van der Waals surface area (Å²) >= 11 is 0. The largest absolute Gasteiger partial charge is 0.524 e. The second-order valence-electron chi connectivity index (χ2n) is 5.78. The Morgan fingerprint density at radius 2 is 1.72 bits per heavy atom. The van der Waals surface area contributed by atoms with Crippen molar-refractivity contribution in [2.24, 2.45) is 0 Å². The molecule has 136 valence electrons. The van der Waals surface area contributed by atoms with Gasteiger partial charge in [-0.25, -0.2) is 4.57 Å². The van der Waals surface area contributed by atoms with Crippen LogP contribution in [-0.2, 0) is 10.4 Å². The summed E-state index contributed by atoms with van der Waals surface area (Å²) in [5.74, 6) is -3.78. The number of hydrogen-bond acceptors (Lipinski definition) is 6. The Hall–Kier alpha value is -2.09. The molecule has 8 nitrogen and oxygen atoms in total. The standard InChI is InChI=1S/C16H19O8P/c1-10(11-3-2-4-12(17)7-11)9-16(19,20)14-6-5-13(18)8-15(14)24-25(21,22)23/h2-8,10,17-20H,9H2,1H3,(H2,21,22,23). The minimum absolute atomic E-state index is 0.0287. The van der Waals surface area contributed by atoms with Crippen molar-refractivity contribution in [3.63, 3.8) is 0 Å². The average Bonchev–Trinajstić information content (AvgIpc) is 2.44. The molecule has 1 atom stereocenters. The first kappa shape index (κ1) is 19.2. The molecule has 25 heavy (non-hydrogen) atoms. The van der Waals surface area contributed by atoms with E-state index in [-0.39, 0.29) is 23.5 Å². The van der Waals surface area contributed by atoms with E-state index in [0.29, 0.717) is 5.56 Å². The Labute approximate surface area is 143 Å². The molecule has 0 heterocycles. The number of hydrogen-bond donors (Lipinski definition) is 6. The molecule has 1 unspecified atom stereocenters. The SMILES string of the molecule is CC(CC(O)(O)c1ccc(O)cc1OP(=O)(O)O)c1cccc(O)c1. The maximum Gasteiger partial charge on any atom is 0.524 e. The lowest BCUT2D eigenvalue weighted by Crippen LogP contribution is -2.27. The first-order valence-corrected chi connectivity index (χ1v) is 8.83. The zero-order valence-corrected chi connectivity index (χ0v) is 14.2. The van der Waals surface area contributed by atoms with E-state index in [1.807, 2.05) is 0 Å². The number of aromatic hydroxyl groups is 2. The number of phosphoric acid groups is 1. The number of phenols is 2. The lowest BCUT2D eigenvalue weighted by atomic mass is 9.89. The van der Waals surface area contributed by atoms with Gasteiger partial charge in [0.2, 0.25) is 0 Å². The summed E-state index contributed by atoms with van der Waals surface area (Å²) in [5, 5.41) is 39.9. The van der Waals surface area contributed by atoms with Gasteiger partial charge in [-0.1, -0.05) is 19.1 Å². The summed E-state index contributed by atoms with van der Waals surface area (Å²) in [4.78, 5) is 17.9. The van der Waals surface area contributed by atoms with Crippen LogP contribution in [0.4, 0.5) is 0 Å². The summed E-state index contributed by atoms with van der Waals surface area (Å²) in [5.41, 5.74) is 0.337. The van der Waals surface area contributed by atoms with Crippen molar-refractivity contribution in [3.8, 4) is 17.2 Å². The van der Waals surface area contributed by atoms with Crippen LogP contribution in [0.15, 0.2) is 42.5 Å². The van der Waals surface area contributed by atoms with Gasteiger partial charge in [-0.2, -0.15) is 0 Å². The fraction of sp³-hybridized carbons (Fsp3) is 0.250. The molecule has 0 saturated heterocycles. The maximum absolute atomic E-state index is 11.1. The first-order valence-electron chi connectivity index (χ1n) is 7.30. The smallest absolute Gasteiger partial charge is 0.508 e. The second-order valence-corrected chi connectivity index (χ2v) is 6.94. The van der Waals surface area contributed by atoms with E-state index in [1.54, 1.807) is 19.1 Å². The molecule has 0 aliphatic heterocycles. The number of rotatable bonds is 6. The Kier molecular flexibility index (Phi) is 5.41. The molecule has 0 aliphatic carbocycles. The lowest BCUT2D eigenvalue weighted by Gasteiger charge is -2.27. The van der Waals surface area contributed by atoms with Crippen LogP contribution in [0.1, 0.15) is 30.4 Å². The van der Waals surface area contributed by atoms with Gasteiger partial charge in [0, 0.05) is 12.5 Å². The van der Waals surface area contributed by atoms with Crippen molar-refractivity contribution in [1.29, 1.82) is 0 Å². The van der Waals surface area contributed by atoms with Gasteiger partial charge >= 0.3 is 7.82 Å². The maximum atomic E-state index is 11.1. The van der Waals surface area contributed by atoms with Crippen LogP contribution < -0.4 is 4.52 Å². The van der Waals surface area contributed by atoms with Gasteiger partial charge in [0.15, 0.2) is 5.79 Å². The molecule has 0 saturated carbocycles. The van der Waals surface area contributed by atoms with E-state index < -0.39 is 25.3 Å². The van der Waals surface area contributed by atoms with Crippen molar-refractivity contribution < 1.29 is 39.3 Å². The van der Waals surface area contributed by atoms with E-state index >= 15 is 0 Å². The highest BCUT2D eigenvalue weighted by Gasteiger charge is 2.34. The topological polar surface area (TPSA) is 148 Å². The van der Waals surface area contributed by atoms with Gasteiger partial charge in [0.05, 0.1) is 5.56 Å². The zero-order valence-electron chi connectivity index (χ0n) is 13.3. The number of phosphoric ester groups is 1. The molecule has 6 N–H and O–H groups in total. The Morgan fingerprint density at radius 3 is 2.32 bits per heavy atom. The molecule has 0 spiro atoms. The number of aliphatic hydroxyl groups is 2. The van der Waals surface area contributed by atoms with Gasteiger partial charge in [0.1, 0.15) is 17.2 Å². The van der Waals surface area contributed by atoms with Gasteiger partial charge in [-0.15, -0.1) is 0 Å². The predicted octanol–water partition coefficient (Wildman–Crippen LogP) is 1.90. The summed E-state index contributed by atoms with van der Waals surface area (Å²) < 4.78 is 15.5. The van der Waals surface area contributed by atoms with Crippen molar-refractivity contribution in [2.75, 3.05) is 0 Å². The summed E-state index contributed by atoms with van der Waals surface area (Å²) in [6.07, 6.45) is -0.251. The summed E-state index contributed by atoms with van der Waals surface area (Å²) in [6, 6.07) is 9.40. The van der Waals surface area contributed by atoms with Gasteiger partial charge < -0.3 is 24.9 Å². The molecular weight excluding hydrogens is 351 g/mol. The minimum atomic E-state index is -4.97. The Bertz CT molecular complexity index is 798. The van der Waals surface area contributed by atoms with Gasteiger partial charge in [-0.05, 0) is 35.7 Å². The van der Waals surface area contributed by atoms with E-state index in [0.717, 1.165) is 18.2 Å². The Morgan fingerprint density at radius 1 is 1.08 bits per heavy atom. The molecule has 2 rings (SSSR count). The van der Waals surface area contributed by atoms with Crippen LogP contribution in [0.25, 0.3) is 0 Å². The van der Waals surface area contributed by atoms with Crippen molar-refractivity contribution >= 4 is 7.82 Å². The lowest BCUT2D eigenvalue weighted by molar-refractivity contribution is -0.178. The molecule has 0 fully saturated rings. The molecular formula is C16H19O8P. The first-order chi connectivity index (χ1) is 11.5. The summed E-state index contributed by atoms with van der Waals surface area (Å²) in [6.45, 7) is 1.69. The molecule has 0 aromatic heterocycles. The number of phenolic OH excluding ortho intramolecular Hbond substituents is 2. The van der Waals surface area contributed by atoms with Crippen molar-refractivity contribution in [3.05, 3.63) is 53.6 Å². The van der Waals surface area contributed by atoms with E-state index in [2.05, 4.69) is 4.52 Å².